The first-order valence-electron chi connectivity index (χ1n) is 11.8. The topological polar surface area (TPSA) is 67.3 Å². The van der Waals surface area contributed by atoms with E-state index >= 15 is 0 Å². The number of benzene rings is 2. The van der Waals surface area contributed by atoms with E-state index in [1.54, 1.807) is 16.3 Å². The maximum atomic E-state index is 14.0. The van der Waals surface area contributed by atoms with Crippen LogP contribution in [0.25, 0.3) is 11.3 Å². The van der Waals surface area contributed by atoms with Crippen LogP contribution in [0.2, 0.25) is 0 Å². The molecule has 184 valence electrons. The number of ketones is 2. The molecule has 3 aromatic rings. The Morgan fingerprint density at radius 1 is 1.14 bits per heavy atom. The maximum absolute atomic E-state index is 14.0. The van der Waals surface area contributed by atoms with Crippen LogP contribution in [-0.4, -0.2) is 33.4 Å². The van der Waals surface area contributed by atoms with Gasteiger partial charge in [0.2, 0.25) is 0 Å². The second-order valence-corrected chi connectivity index (χ2v) is 10.3. The van der Waals surface area contributed by atoms with Gasteiger partial charge in [-0.2, -0.15) is 0 Å². The third-order valence-electron chi connectivity index (χ3n) is 6.74. The Morgan fingerprint density at radius 2 is 1.94 bits per heavy atom. The smallest absolute Gasteiger partial charge is 0.255 e. The molecule has 1 aliphatic heterocycles. The third kappa shape index (κ3) is 4.91. The number of thiazole rings is 1. The number of nitrogens with zero attached hydrogens (tertiary/aromatic N) is 2. The molecule has 2 heterocycles. The fourth-order valence-electron chi connectivity index (χ4n) is 4.84. The number of Topliss-reactive ketones (excluding diaryl/α,β-unsaturated/α-hetero) is 2. The molecule has 0 spiro atoms. The van der Waals surface area contributed by atoms with Crippen molar-refractivity contribution in [1.29, 1.82) is 0 Å². The quantitative estimate of drug-likeness (QED) is 0.399. The van der Waals surface area contributed by atoms with Crippen LogP contribution in [0.4, 0.5) is 8.78 Å². The minimum Gasteiger partial charge on any atom is -0.324 e. The molecular weight excluding hydrogens is 482 g/mol. The van der Waals surface area contributed by atoms with Gasteiger partial charge >= 0.3 is 0 Å². The van der Waals surface area contributed by atoms with E-state index in [2.05, 4.69) is 11.6 Å². The van der Waals surface area contributed by atoms with Crippen molar-refractivity contribution in [2.45, 2.75) is 51.1 Å². The van der Waals surface area contributed by atoms with E-state index in [9.17, 15) is 23.2 Å². The second kappa shape index (κ2) is 9.85. The summed E-state index contributed by atoms with van der Waals surface area (Å²) in [6.07, 6.45) is 2.67. The van der Waals surface area contributed by atoms with Crippen molar-refractivity contribution in [2.75, 3.05) is 0 Å². The van der Waals surface area contributed by atoms with Crippen LogP contribution in [0.15, 0.2) is 53.9 Å². The molecule has 1 saturated carbocycles. The molecule has 0 N–H and O–H groups in total. The molecule has 1 aliphatic carbocycles. The van der Waals surface area contributed by atoms with E-state index < -0.39 is 17.7 Å². The van der Waals surface area contributed by atoms with Crippen molar-refractivity contribution in [3.63, 3.8) is 0 Å². The summed E-state index contributed by atoms with van der Waals surface area (Å²) >= 11 is 1.27. The highest BCUT2D eigenvalue weighted by Crippen LogP contribution is 2.31. The molecule has 1 unspecified atom stereocenters. The first-order valence-corrected chi connectivity index (χ1v) is 12.7. The molecule has 8 heteroatoms. The van der Waals surface area contributed by atoms with Gasteiger partial charge in [0.1, 0.15) is 22.4 Å². The standard InChI is InChI=1S/C28H24F2N2O3S/c1-16-2-9-25(26(34)10-16)32-14-18-11-17(4-7-21(18)28(32)35)3-6-20(33)13-27-31-24(15-36-27)22-8-5-19(29)12-23(22)30/h4-5,7-8,11-12,15,25H,1-3,6,9-10,13-14H2. The fraction of sp³-hybridized carbons (Fsp3) is 0.286. The Balaban J connectivity index is 1.19. The molecule has 5 nitrogen and oxygen atoms in total. The van der Waals surface area contributed by atoms with Gasteiger partial charge in [-0.25, -0.2) is 13.8 Å². The number of fused-ring (bicyclic) bond motifs is 1. The number of allylic oxidation sites excluding steroid dienone is 1. The molecule has 1 atom stereocenters. The Labute approximate surface area is 211 Å². The molecule has 1 amide bonds. The SMILES string of the molecule is C=C1CCC(N2Cc3cc(CCC(=O)Cc4nc(-c5ccc(F)cc5F)cs4)ccc3C2=O)C(=O)C1. The van der Waals surface area contributed by atoms with Crippen LogP contribution in [-0.2, 0) is 29.0 Å². The summed E-state index contributed by atoms with van der Waals surface area (Å²) in [5.41, 5.74) is 3.96. The number of rotatable bonds is 7. The number of hydrogen-bond acceptors (Lipinski definition) is 5. The zero-order valence-corrected chi connectivity index (χ0v) is 20.4. The van der Waals surface area contributed by atoms with Crippen molar-refractivity contribution in [3.8, 4) is 11.3 Å². The van der Waals surface area contributed by atoms with Crippen LogP contribution in [0.1, 0.15) is 52.2 Å². The van der Waals surface area contributed by atoms with E-state index in [1.807, 2.05) is 12.1 Å². The summed E-state index contributed by atoms with van der Waals surface area (Å²) < 4.78 is 27.2. The normalized spacial score (nSPS) is 17.6. The summed E-state index contributed by atoms with van der Waals surface area (Å²) in [5, 5.41) is 2.24. The van der Waals surface area contributed by atoms with Gasteiger partial charge in [0.05, 0.1) is 18.2 Å². The lowest BCUT2D eigenvalue weighted by molar-refractivity contribution is -0.124. The van der Waals surface area contributed by atoms with Crippen molar-refractivity contribution < 1.29 is 23.2 Å². The van der Waals surface area contributed by atoms with Gasteiger partial charge in [-0.15, -0.1) is 11.3 Å². The highest BCUT2D eigenvalue weighted by molar-refractivity contribution is 7.10. The molecule has 36 heavy (non-hydrogen) atoms. The van der Waals surface area contributed by atoms with Gasteiger partial charge in [0.25, 0.3) is 5.91 Å². The van der Waals surface area contributed by atoms with Crippen LogP contribution in [0.3, 0.4) is 0 Å². The molecule has 2 aromatic carbocycles. The first kappa shape index (κ1) is 24.2. The minimum atomic E-state index is -0.690. The Kier molecular flexibility index (Phi) is 6.62. The fourth-order valence-corrected chi connectivity index (χ4v) is 5.66. The van der Waals surface area contributed by atoms with Gasteiger partial charge in [-0.1, -0.05) is 24.3 Å². The average Bonchev–Trinajstić information content (AvgIpc) is 3.42. The minimum absolute atomic E-state index is 0.00158. The lowest BCUT2D eigenvalue weighted by atomic mass is 9.90. The average molecular weight is 507 g/mol. The van der Waals surface area contributed by atoms with Crippen molar-refractivity contribution in [3.05, 3.63) is 87.3 Å². The van der Waals surface area contributed by atoms with Gasteiger partial charge in [-0.3, -0.25) is 14.4 Å². The monoisotopic (exact) mass is 506 g/mol. The molecule has 0 saturated heterocycles. The van der Waals surface area contributed by atoms with Crippen LogP contribution >= 0.6 is 11.3 Å². The molecule has 0 bridgehead atoms. The number of aromatic nitrogens is 1. The van der Waals surface area contributed by atoms with Crippen molar-refractivity contribution >= 4 is 28.8 Å². The maximum Gasteiger partial charge on any atom is 0.255 e. The number of carbonyl (C=O) groups is 3. The number of carbonyl (C=O) groups excluding carboxylic acids is 3. The number of hydrogen-bond donors (Lipinski definition) is 0. The predicted octanol–water partition coefficient (Wildman–Crippen LogP) is 5.47. The lowest BCUT2D eigenvalue weighted by Crippen LogP contribution is -2.43. The van der Waals surface area contributed by atoms with Crippen molar-refractivity contribution in [2.24, 2.45) is 0 Å². The number of amides is 1. The van der Waals surface area contributed by atoms with Crippen molar-refractivity contribution in [1.82, 2.24) is 9.88 Å². The predicted molar refractivity (Wildman–Crippen MR) is 133 cm³/mol. The summed E-state index contributed by atoms with van der Waals surface area (Å²) in [4.78, 5) is 44.0. The van der Waals surface area contributed by atoms with Gasteiger partial charge < -0.3 is 4.90 Å². The Bertz CT molecular complexity index is 1400. The zero-order chi connectivity index (χ0) is 25.4. The highest BCUT2D eigenvalue weighted by atomic mass is 32.1. The van der Waals surface area contributed by atoms with Gasteiger partial charge in [0.15, 0.2) is 5.78 Å². The lowest BCUT2D eigenvalue weighted by Gasteiger charge is -2.30. The molecule has 2 aliphatic rings. The van der Waals surface area contributed by atoms with E-state index in [4.69, 9.17) is 0 Å². The summed E-state index contributed by atoms with van der Waals surface area (Å²) in [6, 6.07) is 8.53. The molecule has 1 fully saturated rings. The van der Waals surface area contributed by atoms with Crippen LogP contribution in [0, 0.1) is 11.6 Å². The second-order valence-electron chi connectivity index (χ2n) is 9.34. The number of halogens is 2. The van der Waals surface area contributed by atoms with Gasteiger partial charge in [-0.05, 0) is 48.6 Å². The van der Waals surface area contributed by atoms with Gasteiger partial charge in [0, 0.05) is 42.0 Å². The highest BCUT2D eigenvalue weighted by Gasteiger charge is 2.37. The molecule has 0 radical (unpaired) electrons. The number of aryl methyl sites for hydroxylation is 1. The summed E-state index contributed by atoms with van der Waals surface area (Å²) in [5.74, 6) is -1.41. The molecular formula is C28H24F2N2O3S. The summed E-state index contributed by atoms with van der Waals surface area (Å²) in [7, 11) is 0. The Hall–Kier alpha value is -3.52. The summed E-state index contributed by atoms with van der Waals surface area (Å²) in [6.45, 7) is 4.30. The third-order valence-corrected chi connectivity index (χ3v) is 7.59. The largest absolute Gasteiger partial charge is 0.324 e. The van der Waals surface area contributed by atoms with Crippen LogP contribution < -0.4 is 0 Å². The molecule has 1 aromatic heterocycles. The van der Waals surface area contributed by atoms with E-state index in [0.29, 0.717) is 48.5 Å². The zero-order valence-electron chi connectivity index (χ0n) is 19.6. The van der Waals surface area contributed by atoms with Crippen LogP contribution in [0.5, 0.6) is 0 Å². The van der Waals surface area contributed by atoms with E-state index in [1.165, 1.54) is 23.5 Å². The van der Waals surface area contributed by atoms with E-state index in [-0.39, 0.29) is 29.5 Å². The Morgan fingerprint density at radius 3 is 2.72 bits per heavy atom. The first-order chi connectivity index (χ1) is 17.3. The van der Waals surface area contributed by atoms with E-state index in [0.717, 1.165) is 29.2 Å². The molecule has 5 rings (SSSR count).